The van der Waals surface area contributed by atoms with Crippen molar-refractivity contribution in [3.8, 4) is 5.75 Å². The average molecular weight is 655 g/mol. The molecule has 1 aliphatic rings. The first kappa shape index (κ1) is 22.4. The number of ether oxygens (including phenoxy) is 1. The van der Waals surface area contributed by atoms with Gasteiger partial charge in [-0.25, -0.2) is 0 Å². The van der Waals surface area contributed by atoms with Crippen LogP contribution in [0.4, 0.5) is 10.5 Å². The minimum absolute atomic E-state index is 0.241. The molecule has 2 aromatic carbocycles. The van der Waals surface area contributed by atoms with Gasteiger partial charge in [0.15, 0.2) is 0 Å². The summed E-state index contributed by atoms with van der Waals surface area (Å²) in [6.45, 7) is -0.369. The Morgan fingerprint density at radius 1 is 1.24 bits per heavy atom. The zero-order chi connectivity index (χ0) is 21.1. The number of benzene rings is 2. The van der Waals surface area contributed by atoms with Gasteiger partial charge < -0.3 is 10.1 Å². The van der Waals surface area contributed by atoms with Crippen molar-refractivity contribution in [3.05, 3.63) is 59.0 Å². The third-order valence-corrected chi connectivity index (χ3v) is 6.41. The minimum atomic E-state index is -0.512. The molecular formula is C19H13ClI2N2O4S. The van der Waals surface area contributed by atoms with Gasteiger partial charge in [-0.05, 0) is 99.4 Å². The highest BCUT2D eigenvalue weighted by atomic mass is 127. The molecule has 1 N–H and O–H groups in total. The monoisotopic (exact) mass is 654 g/mol. The van der Waals surface area contributed by atoms with Crippen LogP contribution in [0.5, 0.6) is 5.75 Å². The van der Waals surface area contributed by atoms with Crippen molar-refractivity contribution in [1.29, 1.82) is 0 Å². The van der Waals surface area contributed by atoms with Crippen LogP contribution >= 0.6 is 68.5 Å². The predicted molar refractivity (Wildman–Crippen MR) is 131 cm³/mol. The van der Waals surface area contributed by atoms with E-state index in [1.54, 1.807) is 37.5 Å². The molecule has 3 rings (SSSR count). The fourth-order valence-electron chi connectivity index (χ4n) is 2.56. The average Bonchev–Trinajstić information content (AvgIpc) is 2.91. The van der Waals surface area contributed by atoms with E-state index in [9.17, 15) is 14.4 Å². The molecule has 1 heterocycles. The summed E-state index contributed by atoms with van der Waals surface area (Å²) in [5.41, 5.74) is 1.22. The molecule has 0 aromatic heterocycles. The quantitative estimate of drug-likeness (QED) is 0.353. The molecule has 10 heteroatoms. The van der Waals surface area contributed by atoms with Crippen molar-refractivity contribution < 1.29 is 19.1 Å². The summed E-state index contributed by atoms with van der Waals surface area (Å²) in [6.07, 6.45) is 1.62. The molecule has 3 amide bonds. The van der Waals surface area contributed by atoms with Gasteiger partial charge in [-0.2, -0.15) is 0 Å². The number of methoxy groups -OCH3 is 1. The Hall–Kier alpha value is -1.31. The molecule has 2 aromatic rings. The summed E-state index contributed by atoms with van der Waals surface area (Å²) in [7, 11) is 1.55. The minimum Gasteiger partial charge on any atom is -0.495 e. The Labute approximate surface area is 203 Å². The number of rotatable bonds is 5. The van der Waals surface area contributed by atoms with Gasteiger partial charge in [0.2, 0.25) is 5.91 Å². The number of imide groups is 1. The molecule has 0 atom stereocenters. The summed E-state index contributed by atoms with van der Waals surface area (Å²) < 4.78 is 7.29. The molecule has 0 unspecified atom stereocenters. The van der Waals surface area contributed by atoms with E-state index in [2.05, 4.69) is 50.5 Å². The highest BCUT2D eigenvalue weighted by Crippen LogP contribution is 2.36. The highest BCUT2D eigenvalue weighted by Gasteiger charge is 2.36. The fraction of sp³-hybridized carbons (Fsp3) is 0.105. The zero-order valence-corrected chi connectivity index (χ0v) is 20.8. The van der Waals surface area contributed by atoms with E-state index in [1.165, 1.54) is 0 Å². The van der Waals surface area contributed by atoms with Crippen LogP contribution in [0.3, 0.4) is 0 Å². The number of nitrogens with one attached hydrogen (secondary N) is 1. The van der Waals surface area contributed by atoms with Crippen LogP contribution in [-0.2, 0) is 9.59 Å². The summed E-state index contributed by atoms with van der Waals surface area (Å²) in [4.78, 5) is 38.4. The van der Waals surface area contributed by atoms with E-state index in [1.807, 2.05) is 12.1 Å². The molecule has 1 saturated heterocycles. The Balaban J connectivity index is 1.77. The van der Waals surface area contributed by atoms with E-state index in [-0.39, 0.29) is 11.4 Å². The van der Waals surface area contributed by atoms with Gasteiger partial charge >= 0.3 is 0 Å². The van der Waals surface area contributed by atoms with E-state index in [4.69, 9.17) is 16.3 Å². The molecule has 0 aliphatic carbocycles. The highest BCUT2D eigenvalue weighted by molar-refractivity contribution is 14.1. The molecule has 1 fully saturated rings. The van der Waals surface area contributed by atoms with Crippen molar-refractivity contribution in [3.63, 3.8) is 0 Å². The van der Waals surface area contributed by atoms with E-state index in [0.717, 1.165) is 23.8 Å². The normalized spacial score (nSPS) is 15.2. The molecule has 0 radical (unpaired) electrons. The second-order valence-corrected chi connectivity index (χ2v) is 9.67. The number of carbonyl (C=O) groups excluding carboxylic acids is 3. The van der Waals surface area contributed by atoms with Crippen LogP contribution in [0.2, 0.25) is 5.02 Å². The molecule has 150 valence electrons. The Morgan fingerprint density at radius 3 is 2.59 bits per heavy atom. The van der Waals surface area contributed by atoms with Crippen LogP contribution in [-0.4, -0.2) is 35.6 Å². The first-order chi connectivity index (χ1) is 13.8. The summed E-state index contributed by atoms with van der Waals surface area (Å²) >= 11 is 10.9. The second-order valence-electron chi connectivity index (χ2n) is 5.83. The number of thioether (sulfide) groups is 1. The molecule has 6 nitrogen and oxygen atoms in total. The maximum absolute atomic E-state index is 12.7. The summed E-state index contributed by atoms with van der Waals surface area (Å²) in [5, 5.41) is 2.69. The molecular weight excluding hydrogens is 642 g/mol. The van der Waals surface area contributed by atoms with Crippen LogP contribution < -0.4 is 10.1 Å². The summed E-state index contributed by atoms with van der Waals surface area (Å²) in [6, 6.07) is 10.4. The third-order valence-electron chi connectivity index (χ3n) is 3.83. The van der Waals surface area contributed by atoms with Gasteiger partial charge in [-0.15, -0.1) is 0 Å². The molecule has 0 spiro atoms. The fourth-order valence-corrected chi connectivity index (χ4v) is 5.62. The van der Waals surface area contributed by atoms with Gasteiger partial charge in [-0.1, -0.05) is 11.6 Å². The van der Waals surface area contributed by atoms with Crippen molar-refractivity contribution >= 4 is 97.4 Å². The second kappa shape index (κ2) is 9.67. The maximum Gasteiger partial charge on any atom is 0.294 e. The van der Waals surface area contributed by atoms with Gasteiger partial charge in [0.05, 0.1) is 15.6 Å². The van der Waals surface area contributed by atoms with Gasteiger partial charge in [-0.3, -0.25) is 19.3 Å². The van der Waals surface area contributed by atoms with E-state index < -0.39 is 17.1 Å². The number of anilines is 1. The zero-order valence-electron chi connectivity index (χ0n) is 14.9. The topological polar surface area (TPSA) is 75.7 Å². The predicted octanol–water partition coefficient (Wildman–Crippen LogP) is 5.23. The lowest BCUT2D eigenvalue weighted by atomic mass is 10.2. The largest absolute Gasteiger partial charge is 0.495 e. The van der Waals surface area contributed by atoms with Gasteiger partial charge in [0.1, 0.15) is 12.3 Å². The van der Waals surface area contributed by atoms with Crippen molar-refractivity contribution in [2.24, 2.45) is 0 Å². The number of hydrogen-bond acceptors (Lipinski definition) is 5. The van der Waals surface area contributed by atoms with Crippen LogP contribution in [0, 0.1) is 7.14 Å². The first-order valence-electron chi connectivity index (χ1n) is 8.12. The van der Waals surface area contributed by atoms with Gasteiger partial charge in [0.25, 0.3) is 11.1 Å². The van der Waals surface area contributed by atoms with E-state index >= 15 is 0 Å². The lowest BCUT2D eigenvalue weighted by molar-refractivity contribution is -0.127. The smallest absolute Gasteiger partial charge is 0.294 e. The Bertz CT molecular complexity index is 1030. The number of nitrogens with zero attached hydrogens (tertiary/aromatic N) is 1. The number of carbonyl (C=O) groups is 3. The third kappa shape index (κ3) is 5.44. The molecule has 29 heavy (non-hydrogen) atoms. The van der Waals surface area contributed by atoms with Crippen LogP contribution in [0.1, 0.15) is 5.56 Å². The Kier molecular flexibility index (Phi) is 7.46. The molecule has 0 bridgehead atoms. The first-order valence-corrected chi connectivity index (χ1v) is 11.5. The Morgan fingerprint density at radius 2 is 1.93 bits per heavy atom. The van der Waals surface area contributed by atoms with Gasteiger partial charge in [0, 0.05) is 19.8 Å². The molecule has 1 aliphatic heterocycles. The van der Waals surface area contributed by atoms with Crippen LogP contribution in [0.25, 0.3) is 6.08 Å². The van der Waals surface area contributed by atoms with Crippen molar-refractivity contribution in [2.75, 3.05) is 19.0 Å². The number of halogens is 3. The maximum atomic E-state index is 12.7. The van der Waals surface area contributed by atoms with Crippen molar-refractivity contribution in [1.82, 2.24) is 4.90 Å². The van der Waals surface area contributed by atoms with Crippen LogP contribution in [0.15, 0.2) is 41.3 Å². The SMILES string of the molecule is COc1c(I)cc(I)cc1/C=C1/SC(=O)N(CC(=O)Nc2ccc(Cl)cc2)C1=O. The molecule has 0 saturated carbocycles. The number of hydrogen-bond donors (Lipinski definition) is 1. The van der Waals surface area contributed by atoms with E-state index in [0.29, 0.717) is 22.0 Å². The van der Waals surface area contributed by atoms with Crippen molar-refractivity contribution in [2.45, 2.75) is 0 Å². The number of amides is 3. The lowest BCUT2D eigenvalue weighted by Gasteiger charge is -2.12. The lowest BCUT2D eigenvalue weighted by Crippen LogP contribution is -2.36. The standard InChI is InChI=1S/C19H13ClI2N2O4S/c1-28-17-10(6-12(21)8-14(17)22)7-15-18(26)24(19(27)29-15)9-16(25)23-13-4-2-11(20)3-5-13/h2-8H,9H2,1H3,(H,23,25)/b15-7+. The summed E-state index contributed by atoms with van der Waals surface area (Å²) in [5.74, 6) is -0.363.